The number of thiophene rings is 1. The average molecular weight is 400 g/mol. The van der Waals surface area contributed by atoms with Crippen molar-refractivity contribution in [2.45, 2.75) is 6.04 Å². The van der Waals surface area contributed by atoms with E-state index in [1.165, 1.54) is 0 Å². The zero-order chi connectivity index (χ0) is 11.7. The second-order valence-electron chi connectivity index (χ2n) is 3.31. The second-order valence-corrected chi connectivity index (χ2v) is 6.06. The van der Waals surface area contributed by atoms with Gasteiger partial charge in [-0.25, -0.2) is 0 Å². The monoisotopic (exact) mass is 397 g/mol. The van der Waals surface area contributed by atoms with E-state index in [9.17, 15) is 5.11 Å². The topological polar surface area (TPSA) is 46.2 Å². The molecule has 1 heterocycles. The molecule has 0 saturated carbocycles. The van der Waals surface area contributed by atoms with Crippen molar-refractivity contribution in [2.24, 2.45) is 5.73 Å². The van der Waals surface area contributed by atoms with Crippen LogP contribution in [0.5, 0.6) is 5.75 Å². The molecule has 3 N–H and O–H groups in total. The van der Waals surface area contributed by atoms with Crippen LogP contribution in [0.25, 0.3) is 0 Å². The summed E-state index contributed by atoms with van der Waals surface area (Å²) in [4.78, 5) is 1.03. The molecule has 2 aromatic rings. The Morgan fingerprint density at radius 1 is 1.29 bits per heavy atom. The van der Waals surface area contributed by atoms with Gasteiger partial charge in [-0.05, 0) is 23.6 Å². The van der Waals surface area contributed by atoms with E-state index in [-0.39, 0.29) is 24.2 Å². The van der Waals surface area contributed by atoms with E-state index in [0.717, 1.165) is 13.8 Å². The van der Waals surface area contributed by atoms with Crippen LogP contribution in [0.3, 0.4) is 0 Å². The van der Waals surface area contributed by atoms with Crippen LogP contribution >= 0.6 is 55.6 Å². The lowest BCUT2D eigenvalue weighted by Gasteiger charge is -2.14. The summed E-state index contributed by atoms with van der Waals surface area (Å²) < 4.78 is 1.62. The number of aromatic hydroxyl groups is 1. The predicted octanol–water partition coefficient (Wildman–Crippen LogP) is 4.45. The largest absolute Gasteiger partial charge is 0.508 e. The van der Waals surface area contributed by atoms with Crippen molar-refractivity contribution in [3.63, 3.8) is 0 Å². The van der Waals surface area contributed by atoms with Gasteiger partial charge in [0, 0.05) is 19.4 Å². The molecular weight excluding hydrogens is 389 g/mol. The lowest BCUT2D eigenvalue weighted by atomic mass is 10.1. The first-order valence-corrected chi connectivity index (χ1v) is 7.03. The number of benzene rings is 1. The van der Waals surface area contributed by atoms with Crippen LogP contribution in [0.15, 0.2) is 38.6 Å². The van der Waals surface area contributed by atoms with Crippen LogP contribution in [-0.2, 0) is 0 Å². The van der Waals surface area contributed by atoms with Gasteiger partial charge in [0.1, 0.15) is 5.75 Å². The molecule has 1 atom stereocenters. The van der Waals surface area contributed by atoms with Crippen LogP contribution in [-0.4, -0.2) is 5.11 Å². The third kappa shape index (κ3) is 3.23. The van der Waals surface area contributed by atoms with Crippen LogP contribution < -0.4 is 5.73 Å². The Morgan fingerprint density at radius 2 is 2.00 bits per heavy atom. The Hall–Kier alpha value is -0.0700. The number of rotatable bonds is 2. The predicted molar refractivity (Wildman–Crippen MR) is 81.1 cm³/mol. The summed E-state index contributed by atoms with van der Waals surface area (Å²) >= 11 is 8.31. The van der Waals surface area contributed by atoms with Crippen molar-refractivity contribution in [3.8, 4) is 5.75 Å². The van der Waals surface area contributed by atoms with Gasteiger partial charge in [-0.1, -0.05) is 37.9 Å². The van der Waals surface area contributed by atoms with Gasteiger partial charge in [-0.2, -0.15) is 0 Å². The maximum Gasteiger partial charge on any atom is 0.122 e. The molecule has 0 unspecified atom stereocenters. The molecule has 0 aliphatic carbocycles. The highest BCUT2D eigenvalue weighted by atomic mass is 79.9. The Morgan fingerprint density at radius 3 is 2.53 bits per heavy atom. The first-order valence-electron chi connectivity index (χ1n) is 4.56. The molecule has 0 saturated heterocycles. The fourth-order valence-electron chi connectivity index (χ4n) is 1.49. The highest BCUT2D eigenvalue weighted by molar-refractivity contribution is 9.11. The zero-order valence-electron chi connectivity index (χ0n) is 8.56. The molecule has 92 valence electrons. The smallest absolute Gasteiger partial charge is 0.122 e. The Bertz CT molecular complexity index is 481. The Balaban J connectivity index is 0.00000144. The molecule has 0 bridgehead atoms. The lowest BCUT2D eigenvalue weighted by molar-refractivity contribution is 0.464. The second kappa shape index (κ2) is 6.20. The number of hydrogen-bond donors (Lipinski definition) is 2. The fraction of sp³-hybridized carbons (Fsp3) is 0.0909. The lowest BCUT2D eigenvalue weighted by Crippen LogP contribution is -2.11. The van der Waals surface area contributed by atoms with Crippen molar-refractivity contribution < 1.29 is 5.11 Å². The molecule has 1 aromatic carbocycles. The summed E-state index contributed by atoms with van der Waals surface area (Å²) in [6.45, 7) is 0. The summed E-state index contributed by atoms with van der Waals surface area (Å²) in [5, 5.41) is 11.9. The van der Waals surface area contributed by atoms with Gasteiger partial charge >= 0.3 is 0 Å². The summed E-state index contributed by atoms with van der Waals surface area (Å²) in [6, 6.07) is 7.13. The number of hydrogen-bond acceptors (Lipinski definition) is 3. The van der Waals surface area contributed by atoms with Crippen LogP contribution in [0.4, 0.5) is 0 Å². The first-order chi connectivity index (χ1) is 7.59. The van der Waals surface area contributed by atoms with Crippen LogP contribution in [0.2, 0.25) is 0 Å². The minimum atomic E-state index is -0.303. The third-order valence-corrected chi connectivity index (χ3v) is 4.30. The zero-order valence-corrected chi connectivity index (χ0v) is 13.4. The number of halogens is 3. The van der Waals surface area contributed by atoms with Gasteiger partial charge in [0.15, 0.2) is 0 Å². The van der Waals surface area contributed by atoms with E-state index in [2.05, 4.69) is 31.9 Å². The van der Waals surface area contributed by atoms with E-state index >= 15 is 0 Å². The van der Waals surface area contributed by atoms with E-state index in [0.29, 0.717) is 5.56 Å². The maximum absolute atomic E-state index is 9.91. The number of phenols is 1. The van der Waals surface area contributed by atoms with Crippen LogP contribution in [0, 0.1) is 0 Å². The van der Waals surface area contributed by atoms with E-state index in [1.807, 2.05) is 23.6 Å². The van der Waals surface area contributed by atoms with Gasteiger partial charge < -0.3 is 10.8 Å². The molecule has 0 amide bonds. The molecular formula is C11H10Br2ClNOS. The molecule has 0 fully saturated rings. The van der Waals surface area contributed by atoms with E-state index in [4.69, 9.17) is 5.73 Å². The minimum Gasteiger partial charge on any atom is -0.508 e. The Kier molecular flexibility index (Phi) is 5.47. The van der Waals surface area contributed by atoms with Gasteiger partial charge in [0.2, 0.25) is 0 Å². The quantitative estimate of drug-likeness (QED) is 0.784. The fourth-order valence-corrected chi connectivity index (χ4v) is 3.67. The van der Waals surface area contributed by atoms with Gasteiger partial charge in [0.25, 0.3) is 0 Å². The van der Waals surface area contributed by atoms with Crippen molar-refractivity contribution in [2.75, 3.05) is 0 Å². The van der Waals surface area contributed by atoms with Gasteiger partial charge in [0.05, 0.1) is 6.04 Å². The van der Waals surface area contributed by atoms with Crippen molar-refractivity contribution in [3.05, 3.63) is 49.0 Å². The Labute approximate surface area is 127 Å². The summed E-state index contributed by atoms with van der Waals surface area (Å²) in [5.41, 5.74) is 6.83. The number of nitrogens with two attached hydrogens (primary N) is 1. The highest BCUT2D eigenvalue weighted by Crippen LogP contribution is 2.37. The maximum atomic E-state index is 9.91. The summed E-state index contributed by atoms with van der Waals surface area (Å²) in [6.07, 6.45) is 0. The molecule has 2 nitrogen and oxygen atoms in total. The molecule has 0 radical (unpaired) electrons. The van der Waals surface area contributed by atoms with Gasteiger partial charge in [-0.3, -0.25) is 0 Å². The SMILES string of the molecule is Cl.N[C@@H](c1cccs1)c1c(O)cc(Br)cc1Br. The first kappa shape index (κ1) is 15.0. The summed E-state index contributed by atoms with van der Waals surface area (Å²) in [5.74, 6) is 0.196. The standard InChI is InChI=1S/C11H9Br2NOS.ClH/c12-6-4-7(13)10(8(15)5-6)11(14)9-2-1-3-16-9;/h1-5,11,15H,14H2;1H/t11-;/m0./s1. The van der Waals surface area contributed by atoms with E-state index < -0.39 is 0 Å². The van der Waals surface area contributed by atoms with Crippen molar-refractivity contribution in [1.29, 1.82) is 0 Å². The molecule has 2 rings (SSSR count). The van der Waals surface area contributed by atoms with Crippen molar-refractivity contribution in [1.82, 2.24) is 0 Å². The number of phenolic OH excluding ortho intramolecular Hbond substituents is 1. The third-order valence-electron chi connectivity index (χ3n) is 2.23. The summed E-state index contributed by atoms with van der Waals surface area (Å²) in [7, 11) is 0. The molecule has 0 aliphatic rings. The van der Waals surface area contributed by atoms with Crippen LogP contribution in [0.1, 0.15) is 16.5 Å². The van der Waals surface area contributed by atoms with Gasteiger partial charge in [-0.15, -0.1) is 23.7 Å². The molecule has 6 heteroatoms. The average Bonchev–Trinajstić information content (AvgIpc) is 2.67. The highest BCUT2D eigenvalue weighted by Gasteiger charge is 2.17. The minimum absolute atomic E-state index is 0. The normalized spacial score (nSPS) is 11.9. The molecule has 0 aliphatic heterocycles. The van der Waals surface area contributed by atoms with E-state index in [1.54, 1.807) is 17.4 Å². The molecule has 1 aromatic heterocycles. The van der Waals surface area contributed by atoms with Crippen molar-refractivity contribution >= 4 is 55.6 Å². The molecule has 17 heavy (non-hydrogen) atoms. The molecule has 0 spiro atoms.